The lowest BCUT2D eigenvalue weighted by Crippen LogP contribution is -2.48. The van der Waals surface area contributed by atoms with E-state index >= 15 is 0 Å². The minimum atomic E-state index is -1.69. The summed E-state index contributed by atoms with van der Waals surface area (Å²) in [5, 5.41) is 25.8. The van der Waals surface area contributed by atoms with Crippen molar-refractivity contribution in [3.8, 4) is 5.75 Å². The van der Waals surface area contributed by atoms with E-state index in [9.17, 15) is 14.8 Å². The van der Waals surface area contributed by atoms with Crippen molar-refractivity contribution >= 4 is 18.6 Å². The van der Waals surface area contributed by atoms with Crippen molar-refractivity contribution in [3.05, 3.63) is 47.6 Å². The van der Waals surface area contributed by atoms with E-state index in [0.29, 0.717) is 30.5 Å². The van der Waals surface area contributed by atoms with Crippen LogP contribution in [0.4, 0.5) is 0 Å². The maximum absolute atomic E-state index is 12.2. The molecule has 0 saturated carbocycles. The van der Waals surface area contributed by atoms with Gasteiger partial charge in [-0.2, -0.15) is 4.98 Å². The molecule has 0 aliphatic rings. The molecule has 8 nitrogen and oxygen atoms in total. The molecule has 0 unspecified atom stereocenters. The van der Waals surface area contributed by atoms with Crippen LogP contribution in [0.1, 0.15) is 44.5 Å². The minimum Gasteiger partial charge on any atom is -0.494 e. The van der Waals surface area contributed by atoms with Crippen molar-refractivity contribution in [1.29, 1.82) is 0 Å². The van der Waals surface area contributed by atoms with Gasteiger partial charge in [0.1, 0.15) is 5.75 Å². The van der Waals surface area contributed by atoms with Crippen LogP contribution in [0.2, 0.25) is 0 Å². The van der Waals surface area contributed by atoms with Gasteiger partial charge in [-0.15, -0.1) is 0 Å². The Labute approximate surface area is 164 Å². The molecular weight excluding hydrogens is 361 g/mol. The Kier molecular flexibility index (Phi) is 8.22. The average molecular weight is 387 g/mol. The van der Waals surface area contributed by atoms with Crippen molar-refractivity contribution in [3.63, 3.8) is 0 Å². The summed E-state index contributed by atoms with van der Waals surface area (Å²) in [4.78, 5) is 16.5. The first kappa shape index (κ1) is 21.7. The number of carbonyl (C=O) groups is 1. The number of ether oxygens (including phenoxy) is 1. The second-order valence-electron chi connectivity index (χ2n) is 6.36. The van der Waals surface area contributed by atoms with Gasteiger partial charge in [0.2, 0.25) is 5.91 Å². The lowest BCUT2D eigenvalue weighted by Gasteiger charge is -2.18. The summed E-state index contributed by atoms with van der Waals surface area (Å²) in [7, 11) is -1.69. The van der Waals surface area contributed by atoms with E-state index in [4.69, 9.17) is 9.26 Å². The number of nitrogens with zero attached hydrogens (tertiary/aromatic N) is 2. The lowest BCUT2D eigenvalue weighted by atomic mass is 9.76. The van der Waals surface area contributed by atoms with Crippen LogP contribution < -0.4 is 10.1 Å². The maximum atomic E-state index is 12.2. The molecule has 1 heterocycles. The summed E-state index contributed by atoms with van der Waals surface area (Å²) < 4.78 is 10.6. The van der Waals surface area contributed by atoms with Crippen molar-refractivity contribution in [2.45, 2.75) is 46.0 Å². The Balaban J connectivity index is 1.91. The van der Waals surface area contributed by atoms with Crippen LogP contribution in [-0.4, -0.2) is 45.8 Å². The Morgan fingerprint density at radius 3 is 2.89 bits per heavy atom. The molecule has 0 radical (unpaired) electrons. The van der Waals surface area contributed by atoms with Crippen LogP contribution in [0.25, 0.3) is 5.57 Å². The number of benzene rings is 1. The highest BCUT2D eigenvalue weighted by molar-refractivity contribution is 6.43. The number of allylic oxidation sites excluding steroid dienone is 2. The standard InChI is InChI=1S/C19H26BN3O5/c1-4-13(3)19-22-17(23-28-19)9-10-18(24)21-16(20(25)26)12-14-7-6-8-15(11-14)27-5-2/h4,6-8,11,16,25-26H,5,9-10,12H2,1-3H3,(H,21,24)/b13-4+/t16-/m0/s1. The first-order valence-corrected chi connectivity index (χ1v) is 9.26. The van der Waals surface area contributed by atoms with E-state index in [1.54, 1.807) is 0 Å². The van der Waals surface area contributed by atoms with E-state index in [1.165, 1.54) is 0 Å². The number of hydrogen-bond acceptors (Lipinski definition) is 7. The lowest BCUT2D eigenvalue weighted by molar-refractivity contribution is -0.121. The normalized spacial score (nSPS) is 12.5. The Bertz CT molecular complexity index is 806. The molecule has 2 aromatic rings. The highest BCUT2D eigenvalue weighted by Crippen LogP contribution is 2.15. The topological polar surface area (TPSA) is 118 Å². The van der Waals surface area contributed by atoms with Gasteiger partial charge in [-0.05, 0) is 44.9 Å². The molecule has 1 aromatic heterocycles. The number of hydrogen-bond donors (Lipinski definition) is 3. The van der Waals surface area contributed by atoms with Crippen molar-refractivity contribution in [2.75, 3.05) is 6.61 Å². The van der Waals surface area contributed by atoms with Crippen LogP contribution in [0.5, 0.6) is 5.75 Å². The third kappa shape index (κ3) is 6.51. The number of amides is 1. The first-order chi connectivity index (χ1) is 13.4. The molecule has 1 amide bonds. The molecule has 1 atom stereocenters. The predicted molar refractivity (Wildman–Crippen MR) is 105 cm³/mol. The van der Waals surface area contributed by atoms with Gasteiger partial charge >= 0.3 is 7.12 Å². The fourth-order valence-corrected chi connectivity index (χ4v) is 2.56. The van der Waals surface area contributed by atoms with Gasteiger partial charge in [-0.25, -0.2) is 0 Å². The molecule has 9 heteroatoms. The molecule has 0 spiro atoms. The minimum absolute atomic E-state index is 0.107. The largest absolute Gasteiger partial charge is 0.494 e. The van der Waals surface area contributed by atoms with Gasteiger partial charge in [0.15, 0.2) is 5.82 Å². The number of rotatable bonds is 10. The van der Waals surface area contributed by atoms with Gasteiger partial charge in [0.25, 0.3) is 5.89 Å². The van der Waals surface area contributed by atoms with E-state index < -0.39 is 13.1 Å². The first-order valence-electron chi connectivity index (χ1n) is 9.26. The third-order valence-electron chi connectivity index (χ3n) is 4.19. The van der Waals surface area contributed by atoms with Gasteiger partial charge in [0, 0.05) is 18.4 Å². The average Bonchev–Trinajstić information content (AvgIpc) is 3.15. The molecular formula is C19H26BN3O5. The monoisotopic (exact) mass is 387 g/mol. The van der Waals surface area contributed by atoms with Gasteiger partial charge in [-0.3, -0.25) is 4.79 Å². The summed E-state index contributed by atoms with van der Waals surface area (Å²) >= 11 is 0. The number of nitrogens with one attached hydrogen (secondary N) is 1. The Morgan fingerprint density at radius 2 is 2.21 bits per heavy atom. The van der Waals surface area contributed by atoms with Crippen LogP contribution in [0, 0.1) is 0 Å². The molecule has 0 aliphatic heterocycles. The second-order valence-corrected chi connectivity index (χ2v) is 6.36. The van der Waals surface area contributed by atoms with Crippen molar-refractivity contribution in [1.82, 2.24) is 15.5 Å². The second kappa shape index (κ2) is 10.6. The van der Waals surface area contributed by atoms with Crippen LogP contribution in [0.15, 0.2) is 34.9 Å². The molecule has 3 N–H and O–H groups in total. The van der Waals surface area contributed by atoms with E-state index in [2.05, 4.69) is 15.5 Å². The summed E-state index contributed by atoms with van der Waals surface area (Å²) in [5.41, 5.74) is 1.69. The molecule has 2 rings (SSSR count). The Hall–Kier alpha value is -2.65. The summed E-state index contributed by atoms with van der Waals surface area (Å²) in [6.07, 6.45) is 2.52. The summed E-state index contributed by atoms with van der Waals surface area (Å²) in [5.74, 6) is 0.387. The predicted octanol–water partition coefficient (Wildman–Crippen LogP) is 1.56. The molecule has 0 saturated heterocycles. The van der Waals surface area contributed by atoms with Crippen molar-refractivity contribution in [2.24, 2.45) is 0 Å². The number of aryl methyl sites for hydroxylation is 1. The maximum Gasteiger partial charge on any atom is 0.475 e. The van der Waals surface area contributed by atoms with E-state index in [1.807, 2.05) is 51.1 Å². The molecule has 0 aliphatic carbocycles. The molecule has 28 heavy (non-hydrogen) atoms. The SMILES string of the molecule is C/C=C(\C)c1nc(CCC(=O)N[C@@H](Cc2cccc(OCC)c2)B(O)O)no1. The highest BCUT2D eigenvalue weighted by atomic mass is 16.5. The number of aromatic nitrogens is 2. The van der Waals surface area contributed by atoms with Crippen LogP contribution in [0.3, 0.4) is 0 Å². The molecule has 150 valence electrons. The van der Waals surface area contributed by atoms with Crippen LogP contribution in [-0.2, 0) is 17.6 Å². The van der Waals surface area contributed by atoms with Crippen LogP contribution >= 0.6 is 0 Å². The van der Waals surface area contributed by atoms with Gasteiger partial charge < -0.3 is 24.6 Å². The molecule has 0 bridgehead atoms. The number of carbonyl (C=O) groups excluding carboxylic acids is 1. The van der Waals surface area contributed by atoms with E-state index in [-0.39, 0.29) is 18.7 Å². The highest BCUT2D eigenvalue weighted by Gasteiger charge is 2.25. The molecule has 0 fully saturated rings. The molecule has 1 aromatic carbocycles. The zero-order valence-corrected chi connectivity index (χ0v) is 16.4. The Morgan fingerprint density at radius 1 is 1.43 bits per heavy atom. The third-order valence-corrected chi connectivity index (χ3v) is 4.19. The smallest absolute Gasteiger partial charge is 0.475 e. The zero-order valence-electron chi connectivity index (χ0n) is 16.4. The fraction of sp³-hybridized carbons (Fsp3) is 0.421. The summed E-state index contributed by atoms with van der Waals surface area (Å²) in [6, 6.07) is 7.30. The summed E-state index contributed by atoms with van der Waals surface area (Å²) in [6.45, 7) is 6.16. The quantitative estimate of drug-likeness (QED) is 0.530. The fourth-order valence-electron chi connectivity index (χ4n) is 2.56. The van der Waals surface area contributed by atoms with Gasteiger partial charge in [-0.1, -0.05) is 23.4 Å². The van der Waals surface area contributed by atoms with Gasteiger partial charge in [0.05, 0.1) is 12.5 Å². The zero-order chi connectivity index (χ0) is 20.5. The van der Waals surface area contributed by atoms with Crippen molar-refractivity contribution < 1.29 is 24.1 Å². The van der Waals surface area contributed by atoms with E-state index in [0.717, 1.165) is 11.1 Å².